The van der Waals surface area contributed by atoms with Crippen LogP contribution in [0.3, 0.4) is 0 Å². The maximum atomic E-state index is 13.0. The summed E-state index contributed by atoms with van der Waals surface area (Å²) >= 11 is 1.53. The first kappa shape index (κ1) is 15.2. The van der Waals surface area contributed by atoms with Crippen molar-refractivity contribution in [1.82, 2.24) is 0 Å². The van der Waals surface area contributed by atoms with Gasteiger partial charge in [-0.05, 0) is 42.5 Å². The average molecular weight is 306 g/mol. The SMILES string of the molecule is N/C(=N/O)c1ccc(OCCSc2cccc(F)c2)cc1. The molecule has 0 fully saturated rings. The second-order valence-corrected chi connectivity index (χ2v) is 5.33. The van der Waals surface area contributed by atoms with E-state index in [9.17, 15) is 4.39 Å². The van der Waals surface area contributed by atoms with Crippen LogP contribution in [0.15, 0.2) is 58.6 Å². The highest BCUT2D eigenvalue weighted by Crippen LogP contribution is 2.19. The molecule has 0 unspecified atom stereocenters. The van der Waals surface area contributed by atoms with E-state index in [0.29, 0.717) is 23.7 Å². The zero-order valence-electron chi connectivity index (χ0n) is 11.2. The fourth-order valence-electron chi connectivity index (χ4n) is 1.66. The quantitative estimate of drug-likeness (QED) is 0.215. The van der Waals surface area contributed by atoms with E-state index in [0.717, 1.165) is 4.90 Å². The number of ether oxygens (including phenoxy) is 1. The second kappa shape index (κ2) is 7.54. The predicted molar refractivity (Wildman–Crippen MR) is 81.6 cm³/mol. The van der Waals surface area contributed by atoms with Gasteiger partial charge in [-0.1, -0.05) is 11.2 Å². The zero-order valence-corrected chi connectivity index (χ0v) is 12.0. The molecular formula is C15H15FN2O2S. The lowest BCUT2D eigenvalue weighted by atomic mass is 10.2. The monoisotopic (exact) mass is 306 g/mol. The predicted octanol–water partition coefficient (Wildman–Crippen LogP) is 3.09. The smallest absolute Gasteiger partial charge is 0.170 e. The van der Waals surface area contributed by atoms with E-state index in [-0.39, 0.29) is 11.7 Å². The van der Waals surface area contributed by atoms with Crippen molar-refractivity contribution in [3.8, 4) is 5.75 Å². The molecule has 2 rings (SSSR count). The summed E-state index contributed by atoms with van der Waals surface area (Å²) in [5.41, 5.74) is 6.09. The molecule has 2 aromatic carbocycles. The van der Waals surface area contributed by atoms with Crippen molar-refractivity contribution in [2.75, 3.05) is 12.4 Å². The lowest BCUT2D eigenvalue weighted by Crippen LogP contribution is -2.12. The number of benzene rings is 2. The molecule has 0 atom stereocenters. The van der Waals surface area contributed by atoms with Crippen LogP contribution >= 0.6 is 11.8 Å². The fourth-order valence-corrected chi connectivity index (χ4v) is 2.43. The first-order valence-electron chi connectivity index (χ1n) is 6.28. The molecule has 0 aromatic heterocycles. The Labute approximate surface area is 126 Å². The Balaban J connectivity index is 1.78. The first-order valence-corrected chi connectivity index (χ1v) is 7.27. The summed E-state index contributed by atoms with van der Waals surface area (Å²) in [5, 5.41) is 11.5. The van der Waals surface area contributed by atoms with Gasteiger partial charge in [-0.25, -0.2) is 4.39 Å². The Morgan fingerprint density at radius 2 is 2.00 bits per heavy atom. The number of hydrogen-bond donors (Lipinski definition) is 2. The highest BCUT2D eigenvalue weighted by Gasteiger charge is 2.00. The molecule has 2 aromatic rings. The highest BCUT2D eigenvalue weighted by molar-refractivity contribution is 7.99. The number of rotatable bonds is 6. The Hall–Kier alpha value is -2.21. The minimum Gasteiger partial charge on any atom is -0.493 e. The number of nitrogens with zero attached hydrogens (tertiary/aromatic N) is 1. The normalized spacial score (nSPS) is 11.4. The van der Waals surface area contributed by atoms with Crippen LogP contribution in [-0.4, -0.2) is 23.4 Å². The van der Waals surface area contributed by atoms with Crippen LogP contribution in [0, 0.1) is 5.82 Å². The maximum Gasteiger partial charge on any atom is 0.170 e. The molecule has 0 radical (unpaired) electrons. The van der Waals surface area contributed by atoms with Gasteiger partial charge in [0, 0.05) is 16.2 Å². The molecule has 0 heterocycles. The van der Waals surface area contributed by atoms with Crippen LogP contribution in [0.2, 0.25) is 0 Å². The van der Waals surface area contributed by atoms with Crippen molar-refractivity contribution in [2.45, 2.75) is 4.90 Å². The number of hydrogen-bond acceptors (Lipinski definition) is 4. The number of thioether (sulfide) groups is 1. The molecule has 3 N–H and O–H groups in total. The van der Waals surface area contributed by atoms with E-state index in [2.05, 4.69) is 5.16 Å². The van der Waals surface area contributed by atoms with E-state index >= 15 is 0 Å². The second-order valence-electron chi connectivity index (χ2n) is 4.16. The topological polar surface area (TPSA) is 67.8 Å². The summed E-state index contributed by atoms with van der Waals surface area (Å²) in [7, 11) is 0. The van der Waals surface area contributed by atoms with E-state index in [1.54, 1.807) is 30.3 Å². The van der Waals surface area contributed by atoms with E-state index < -0.39 is 0 Å². The van der Waals surface area contributed by atoms with Crippen LogP contribution in [0.5, 0.6) is 5.75 Å². The maximum absolute atomic E-state index is 13.0. The molecule has 6 heteroatoms. The van der Waals surface area contributed by atoms with Crippen molar-refractivity contribution >= 4 is 17.6 Å². The minimum absolute atomic E-state index is 0.0585. The minimum atomic E-state index is -0.236. The molecular weight excluding hydrogens is 291 g/mol. The summed E-state index contributed by atoms with van der Waals surface area (Å²) in [4.78, 5) is 0.876. The van der Waals surface area contributed by atoms with Crippen LogP contribution in [-0.2, 0) is 0 Å². The molecule has 0 spiro atoms. The molecule has 0 aliphatic heterocycles. The lowest BCUT2D eigenvalue weighted by Gasteiger charge is -2.07. The Kier molecular flexibility index (Phi) is 5.45. The van der Waals surface area contributed by atoms with Crippen molar-refractivity contribution in [2.24, 2.45) is 10.9 Å². The van der Waals surface area contributed by atoms with Gasteiger partial charge >= 0.3 is 0 Å². The summed E-state index contributed by atoms with van der Waals surface area (Å²) in [6.45, 7) is 0.504. The van der Waals surface area contributed by atoms with Gasteiger partial charge in [0.05, 0.1) is 6.61 Å². The molecule has 0 aliphatic rings. The summed E-state index contributed by atoms with van der Waals surface area (Å²) in [6.07, 6.45) is 0. The van der Waals surface area contributed by atoms with Gasteiger partial charge in [0.1, 0.15) is 11.6 Å². The molecule has 0 bridgehead atoms. The molecule has 110 valence electrons. The fraction of sp³-hybridized carbons (Fsp3) is 0.133. The molecule has 0 saturated heterocycles. The van der Waals surface area contributed by atoms with E-state index in [1.165, 1.54) is 23.9 Å². The Bertz CT molecular complexity index is 617. The Morgan fingerprint density at radius 3 is 2.67 bits per heavy atom. The third-order valence-electron chi connectivity index (χ3n) is 2.67. The molecule has 4 nitrogen and oxygen atoms in total. The zero-order chi connectivity index (χ0) is 15.1. The molecule has 0 saturated carbocycles. The molecule has 0 amide bonds. The lowest BCUT2D eigenvalue weighted by molar-refractivity contribution is 0.318. The van der Waals surface area contributed by atoms with Crippen molar-refractivity contribution in [3.05, 3.63) is 59.9 Å². The van der Waals surface area contributed by atoms with Crippen LogP contribution in [0.1, 0.15) is 5.56 Å². The van der Waals surface area contributed by atoms with Crippen molar-refractivity contribution in [3.63, 3.8) is 0 Å². The van der Waals surface area contributed by atoms with E-state index in [1.807, 2.05) is 6.07 Å². The van der Waals surface area contributed by atoms with Gasteiger partial charge in [-0.15, -0.1) is 11.8 Å². The van der Waals surface area contributed by atoms with Crippen LogP contribution in [0.4, 0.5) is 4.39 Å². The summed E-state index contributed by atoms with van der Waals surface area (Å²) < 4.78 is 18.6. The van der Waals surface area contributed by atoms with E-state index in [4.69, 9.17) is 15.7 Å². The number of amidine groups is 1. The standard InChI is InChI=1S/C15H15FN2O2S/c16-12-2-1-3-14(10-12)21-9-8-20-13-6-4-11(5-7-13)15(17)18-19/h1-7,10,19H,8-9H2,(H2,17,18). The largest absolute Gasteiger partial charge is 0.493 e. The summed E-state index contributed by atoms with van der Waals surface area (Å²) in [5.74, 6) is 1.23. The van der Waals surface area contributed by atoms with Crippen molar-refractivity contribution < 1.29 is 14.3 Å². The summed E-state index contributed by atoms with van der Waals surface area (Å²) in [6, 6.07) is 13.4. The Morgan fingerprint density at radius 1 is 1.24 bits per heavy atom. The third-order valence-corrected chi connectivity index (χ3v) is 3.63. The highest BCUT2D eigenvalue weighted by atomic mass is 32.2. The third kappa shape index (κ3) is 4.68. The number of nitrogens with two attached hydrogens (primary N) is 1. The van der Waals surface area contributed by atoms with Gasteiger partial charge in [-0.3, -0.25) is 0 Å². The van der Waals surface area contributed by atoms with Crippen LogP contribution < -0.4 is 10.5 Å². The van der Waals surface area contributed by atoms with Crippen molar-refractivity contribution in [1.29, 1.82) is 0 Å². The molecule has 21 heavy (non-hydrogen) atoms. The van der Waals surface area contributed by atoms with Crippen LogP contribution in [0.25, 0.3) is 0 Å². The van der Waals surface area contributed by atoms with Gasteiger partial charge < -0.3 is 15.7 Å². The van der Waals surface area contributed by atoms with Gasteiger partial charge in [-0.2, -0.15) is 0 Å². The number of halogens is 1. The van der Waals surface area contributed by atoms with Gasteiger partial charge in [0.2, 0.25) is 0 Å². The molecule has 0 aliphatic carbocycles. The first-order chi connectivity index (χ1) is 10.2. The van der Waals surface area contributed by atoms with Gasteiger partial charge in [0.15, 0.2) is 5.84 Å². The number of oxime groups is 1. The average Bonchev–Trinajstić information content (AvgIpc) is 2.51. The van der Waals surface area contributed by atoms with Gasteiger partial charge in [0.25, 0.3) is 0 Å².